The molecule has 0 aliphatic rings. The molecule has 18 heavy (non-hydrogen) atoms. The van der Waals surface area contributed by atoms with Gasteiger partial charge in [-0.25, -0.2) is 18.1 Å². The van der Waals surface area contributed by atoms with E-state index < -0.39 is 26.9 Å². The maximum absolute atomic E-state index is 12.0. The van der Waals surface area contributed by atoms with Crippen molar-refractivity contribution in [2.45, 2.75) is 17.9 Å². The molecule has 1 rings (SSSR count). The van der Waals surface area contributed by atoms with Crippen molar-refractivity contribution in [1.29, 1.82) is 0 Å². The van der Waals surface area contributed by atoms with Gasteiger partial charge in [0, 0.05) is 39.5 Å². The second kappa shape index (κ2) is 6.42. The van der Waals surface area contributed by atoms with Crippen LogP contribution in [0.25, 0.3) is 0 Å². The molecule has 1 heterocycles. The molecule has 1 N–H and O–H groups in total. The van der Waals surface area contributed by atoms with Crippen molar-refractivity contribution in [1.82, 2.24) is 9.71 Å². The Morgan fingerprint density at radius 3 is 2.78 bits per heavy atom. The third-order valence-electron chi connectivity index (χ3n) is 1.90. The lowest BCUT2D eigenvalue weighted by atomic mass is 10.4. The fraction of sp³-hybridized carbons (Fsp3) is 0.444. The van der Waals surface area contributed by atoms with Gasteiger partial charge in [-0.1, -0.05) is 11.6 Å². The van der Waals surface area contributed by atoms with Gasteiger partial charge in [0.15, 0.2) is 0 Å². The largest absolute Gasteiger partial charge is 0.260 e. The molecule has 5 nitrogen and oxygen atoms in total. The number of hydrogen-bond donors (Lipinski definition) is 1. The predicted octanol–water partition coefficient (Wildman–Crippen LogP) is 1.54. The van der Waals surface area contributed by atoms with Gasteiger partial charge in [-0.15, -0.1) is 0 Å². The highest BCUT2D eigenvalue weighted by Crippen LogP contribution is 2.22. The fourth-order valence-corrected chi connectivity index (χ4v) is 4.39. The highest BCUT2D eigenvalue weighted by atomic mass is 79.9. The number of nitrogens with zero attached hydrogens (tertiary/aromatic N) is 1. The van der Waals surface area contributed by atoms with E-state index in [0.29, 0.717) is 4.47 Å². The Morgan fingerprint density at radius 2 is 2.22 bits per heavy atom. The summed E-state index contributed by atoms with van der Waals surface area (Å²) in [4.78, 5) is 3.65. The molecule has 0 radical (unpaired) electrons. The molecular weight excluding hydrogens is 364 g/mol. The topological polar surface area (TPSA) is 76.1 Å². The van der Waals surface area contributed by atoms with Crippen molar-refractivity contribution in [2.24, 2.45) is 0 Å². The number of nitrogens with one attached hydrogen (secondary N) is 1. The molecule has 102 valence electrons. The molecule has 9 heteroatoms. The number of pyridine rings is 1. The van der Waals surface area contributed by atoms with Gasteiger partial charge in [0.25, 0.3) is 0 Å². The van der Waals surface area contributed by atoms with Crippen LogP contribution in [0.1, 0.15) is 6.92 Å². The Balaban J connectivity index is 2.99. The van der Waals surface area contributed by atoms with Gasteiger partial charge in [0.05, 0.1) is 0 Å². The van der Waals surface area contributed by atoms with Crippen LogP contribution in [0.4, 0.5) is 0 Å². The number of rotatable bonds is 5. The fourth-order valence-electron chi connectivity index (χ4n) is 1.31. The van der Waals surface area contributed by atoms with Gasteiger partial charge < -0.3 is 0 Å². The Morgan fingerprint density at radius 1 is 1.61 bits per heavy atom. The zero-order valence-corrected chi connectivity index (χ0v) is 13.7. The first-order chi connectivity index (χ1) is 8.22. The first kappa shape index (κ1) is 16.0. The van der Waals surface area contributed by atoms with Crippen molar-refractivity contribution in [3.8, 4) is 0 Å². The van der Waals surface area contributed by atoms with Crippen molar-refractivity contribution in [3.63, 3.8) is 0 Å². The van der Waals surface area contributed by atoms with Gasteiger partial charge in [-0.05, 0) is 28.9 Å². The molecule has 0 saturated carbocycles. The summed E-state index contributed by atoms with van der Waals surface area (Å²) in [7, 11) is -4.85. The van der Waals surface area contributed by atoms with Crippen LogP contribution in [0.15, 0.2) is 21.6 Å². The average Bonchev–Trinajstić information content (AvgIpc) is 2.19. The minimum absolute atomic E-state index is 0.101. The lowest BCUT2D eigenvalue weighted by molar-refractivity contribution is 0.569. The summed E-state index contributed by atoms with van der Waals surface area (Å²) >= 11 is 8.89. The van der Waals surface area contributed by atoms with Gasteiger partial charge >= 0.3 is 0 Å². The number of aromatic nitrogens is 1. The Bertz CT molecular complexity index is 565. The van der Waals surface area contributed by atoms with E-state index >= 15 is 0 Å². The van der Waals surface area contributed by atoms with E-state index in [9.17, 15) is 12.6 Å². The van der Waals surface area contributed by atoms with E-state index in [4.69, 9.17) is 11.6 Å². The molecule has 0 saturated heterocycles. The van der Waals surface area contributed by atoms with Crippen LogP contribution < -0.4 is 4.72 Å². The number of sulfonamides is 1. The van der Waals surface area contributed by atoms with Gasteiger partial charge in [0.2, 0.25) is 10.0 Å². The normalized spacial score (nSPS) is 15.3. The maximum atomic E-state index is 12.0. The monoisotopic (exact) mass is 374 g/mol. The van der Waals surface area contributed by atoms with Gasteiger partial charge in [0.1, 0.15) is 10.0 Å². The quantitative estimate of drug-likeness (QED) is 0.792. The van der Waals surface area contributed by atoms with E-state index in [0.717, 1.165) is 0 Å². The van der Waals surface area contributed by atoms with Gasteiger partial charge in [-0.3, -0.25) is 4.21 Å². The third kappa shape index (κ3) is 4.58. The predicted molar refractivity (Wildman–Crippen MR) is 75.7 cm³/mol. The molecule has 2 atom stereocenters. The van der Waals surface area contributed by atoms with E-state index in [1.54, 1.807) is 6.92 Å². The second-order valence-corrected chi connectivity index (χ2v) is 8.14. The summed E-state index contributed by atoms with van der Waals surface area (Å²) in [6, 6.07) is 0.920. The molecule has 1 aromatic rings. The Kier molecular flexibility index (Phi) is 5.72. The minimum Gasteiger partial charge on any atom is -0.260 e. The van der Waals surface area contributed by atoms with E-state index in [2.05, 4.69) is 25.6 Å². The summed E-state index contributed by atoms with van der Waals surface area (Å²) in [6.45, 7) is 1.64. The van der Waals surface area contributed by atoms with Gasteiger partial charge in [-0.2, -0.15) is 0 Å². The van der Waals surface area contributed by atoms with Crippen LogP contribution in [-0.4, -0.2) is 35.7 Å². The standard InChI is InChI=1S/C9H12BrClN2O3S2/c1-6(5-17(2)14)13-18(15,16)8-3-7(10)4-12-9(8)11/h3-4,6,13H,5H2,1-2H3. The molecule has 1 aromatic heterocycles. The van der Waals surface area contributed by atoms with Crippen LogP contribution in [0.5, 0.6) is 0 Å². The molecule has 0 aliphatic heterocycles. The average molecular weight is 376 g/mol. The smallest absolute Gasteiger partial charge is 0.243 e. The lowest BCUT2D eigenvalue weighted by Gasteiger charge is -2.13. The molecule has 0 bridgehead atoms. The highest BCUT2D eigenvalue weighted by molar-refractivity contribution is 9.10. The van der Waals surface area contributed by atoms with E-state index in [-0.39, 0.29) is 15.8 Å². The number of hydrogen-bond acceptors (Lipinski definition) is 4. The molecule has 0 amide bonds. The SMILES string of the molecule is CC(CS(C)=O)NS(=O)(=O)c1cc(Br)cnc1Cl. The van der Waals surface area contributed by atoms with Crippen LogP contribution in [-0.2, 0) is 20.8 Å². The maximum Gasteiger partial charge on any atom is 0.243 e. The first-order valence-corrected chi connectivity index (χ1v) is 9.24. The zero-order valence-electron chi connectivity index (χ0n) is 9.68. The molecule has 2 unspecified atom stereocenters. The Hall–Kier alpha value is -0.0200. The molecule has 0 fully saturated rings. The molecular formula is C9H12BrClN2O3S2. The van der Waals surface area contributed by atoms with Crippen molar-refractivity contribution >= 4 is 48.4 Å². The minimum atomic E-state index is -3.77. The van der Waals surface area contributed by atoms with Crippen LogP contribution in [0, 0.1) is 0 Å². The van der Waals surface area contributed by atoms with Crippen LogP contribution >= 0.6 is 27.5 Å². The highest BCUT2D eigenvalue weighted by Gasteiger charge is 2.22. The van der Waals surface area contributed by atoms with Crippen molar-refractivity contribution in [2.75, 3.05) is 12.0 Å². The Labute approximate surface area is 122 Å². The van der Waals surface area contributed by atoms with Crippen LogP contribution in [0.3, 0.4) is 0 Å². The van der Waals surface area contributed by atoms with Crippen molar-refractivity contribution < 1.29 is 12.6 Å². The summed E-state index contributed by atoms with van der Waals surface area (Å²) in [5.41, 5.74) is 0. The summed E-state index contributed by atoms with van der Waals surface area (Å²) in [5.74, 6) is 0.234. The lowest BCUT2D eigenvalue weighted by Crippen LogP contribution is -2.36. The molecule has 0 aromatic carbocycles. The van der Waals surface area contributed by atoms with E-state index in [1.165, 1.54) is 18.5 Å². The van der Waals surface area contributed by atoms with E-state index in [1.807, 2.05) is 0 Å². The summed E-state index contributed by atoms with van der Waals surface area (Å²) in [6.07, 6.45) is 2.92. The first-order valence-electron chi connectivity index (χ1n) is 4.86. The summed E-state index contributed by atoms with van der Waals surface area (Å²) in [5, 5.41) is -0.101. The van der Waals surface area contributed by atoms with Crippen molar-refractivity contribution in [3.05, 3.63) is 21.9 Å². The third-order valence-corrected chi connectivity index (χ3v) is 5.32. The molecule has 0 spiro atoms. The summed E-state index contributed by atoms with van der Waals surface area (Å²) < 4.78 is 38.0. The number of halogens is 2. The second-order valence-electron chi connectivity index (χ2n) is 3.70. The molecule has 0 aliphatic carbocycles. The van der Waals surface area contributed by atoms with Crippen LogP contribution in [0.2, 0.25) is 5.15 Å². The zero-order chi connectivity index (χ0) is 13.9.